The summed E-state index contributed by atoms with van der Waals surface area (Å²) in [6.07, 6.45) is 2.46. The van der Waals surface area contributed by atoms with Crippen LogP contribution in [0.4, 0.5) is 5.69 Å². The molecule has 3 heteroatoms. The fourth-order valence-electron chi connectivity index (χ4n) is 2.70. The molecule has 0 bridgehead atoms. The predicted molar refractivity (Wildman–Crippen MR) is 80.8 cm³/mol. The van der Waals surface area contributed by atoms with Crippen LogP contribution in [0.25, 0.3) is 0 Å². The third-order valence-corrected chi connectivity index (χ3v) is 3.77. The molecule has 1 aliphatic heterocycles. The van der Waals surface area contributed by atoms with Crippen molar-refractivity contribution in [3.63, 3.8) is 0 Å². The van der Waals surface area contributed by atoms with Gasteiger partial charge in [-0.2, -0.15) is 0 Å². The maximum absolute atomic E-state index is 5.23. The number of fused-ring (bicyclic) bond motifs is 1. The standard InChI is InChI=1S/C16H26N2O/c1-16(2,12-19-4)17-11-13-7-8-15-14(10-13)6-5-9-18(15)3/h7-8,10,17H,5-6,9,11-12H2,1-4H3. The third-order valence-electron chi connectivity index (χ3n) is 3.77. The lowest BCUT2D eigenvalue weighted by molar-refractivity contribution is 0.128. The molecule has 1 heterocycles. The Hall–Kier alpha value is -1.06. The Bertz CT molecular complexity index is 429. The summed E-state index contributed by atoms with van der Waals surface area (Å²) >= 11 is 0. The molecular formula is C16H26N2O. The minimum atomic E-state index is 0.0153. The fourth-order valence-corrected chi connectivity index (χ4v) is 2.70. The maximum Gasteiger partial charge on any atom is 0.0639 e. The maximum atomic E-state index is 5.23. The van der Waals surface area contributed by atoms with Gasteiger partial charge in [-0.15, -0.1) is 0 Å². The quantitative estimate of drug-likeness (QED) is 0.882. The monoisotopic (exact) mass is 262 g/mol. The van der Waals surface area contributed by atoms with Crippen molar-refractivity contribution in [2.45, 2.75) is 38.8 Å². The summed E-state index contributed by atoms with van der Waals surface area (Å²) in [5.74, 6) is 0. The van der Waals surface area contributed by atoms with Gasteiger partial charge >= 0.3 is 0 Å². The molecule has 0 saturated carbocycles. The molecular weight excluding hydrogens is 236 g/mol. The fraction of sp³-hybridized carbons (Fsp3) is 0.625. The molecule has 0 fully saturated rings. The van der Waals surface area contributed by atoms with E-state index in [1.807, 2.05) is 0 Å². The average Bonchev–Trinajstić information content (AvgIpc) is 2.37. The van der Waals surface area contributed by atoms with Crippen LogP contribution in [0.1, 0.15) is 31.4 Å². The number of anilines is 1. The summed E-state index contributed by atoms with van der Waals surface area (Å²) in [4.78, 5) is 2.35. The molecule has 1 aromatic rings. The van der Waals surface area contributed by atoms with E-state index in [0.717, 1.165) is 13.2 Å². The number of ether oxygens (including phenoxy) is 1. The van der Waals surface area contributed by atoms with Gasteiger partial charge in [-0.3, -0.25) is 0 Å². The zero-order chi connectivity index (χ0) is 13.9. The summed E-state index contributed by atoms with van der Waals surface area (Å²) in [5, 5.41) is 3.56. The van der Waals surface area contributed by atoms with E-state index < -0.39 is 0 Å². The van der Waals surface area contributed by atoms with E-state index >= 15 is 0 Å². The molecule has 2 rings (SSSR count). The number of rotatable bonds is 5. The normalized spacial score (nSPS) is 15.5. The molecule has 0 unspecified atom stereocenters. The van der Waals surface area contributed by atoms with Crippen LogP contribution in [0, 0.1) is 0 Å². The van der Waals surface area contributed by atoms with Crippen LogP contribution in [-0.4, -0.2) is 32.8 Å². The topological polar surface area (TPSA) is 24.5 Å². The highest BCUT2D eigenvalue weighted by Gasteiger charge is 2.17. The van der Waals surface area contributed by atoms with Crippen molar-refractivity contribution < 1.29 is 4.74 Å². The van der Waals surface area contributed by atoms with Gasteiger partial charge in [0, 0.05) is 38.5 Å². The molecule has 106 valence electrons. The van der Waals surface area contributed by atoms with Crippen LogP contribution < -0.4 is 10.2 Å². The van der Waals surface area contributed by atoms with E-state index in [4.69, 9.17) is 4.74 Å². The zero-order valence-electron chi connectivity index (χ0n) is 12.6. The van der Waals surface area contributed by atoms with E-state index in [-0.39, 0.29) is 5.54 Å². The average molecular weight is 262 g/mol. The number of nitrogens with zero attached hydrogens (tertiary/aromatic N) is 1. The van der Waals surface area contributed by atoms with Gasteiger partial charge in [0.15, 0.2) is 0 Å². The lowest BCUT2D eigenvalue weighted by Crippen LogP contribution is -2.42. The molecule has 1 aliphatic rings. The second-order valence-electron chi connectivity index (χ2n) is 6.16. The minimum absolute atomic E-state index is 0.0153. The second kappa shape index (κ2) is 5.93. The first-order valence-electron chi connectivity index (χ1n) is 7.09. The van der Waals surface area contributed by atoms with Crippen LogP contribution >= 0.6 is 0 Å². The van der Waals surface area contributed by atoms with Gasteiger partial charge in [0.1, 0.15) is 0 Å². The summed E-state index contributed by atoms with van der Waals surface area (Å²) in [6, 6.07) is 6.84. The first kappa shape index (κ1) is 14.4. The van der Waals surface area contributed by atoms with Gasteiger partial charge in [-0.25, -0.2) is 0 Å². The highest BCUT2D eigenvalue weighted by molar-refractivity contribution is 5.56. The Morgan fingerprint density at radius 1 is 1.37 bits per heavy atom. The first-order valence-corrected chi connectivity index (χ1v) is 7.09. The Kier molecular flexibility index (Phi) is 4.48. The van der Waals surface area contributed by atoms with Crippen LogP contribution in [0.3, 0.4) is 0 Å². The van der Waals surface area contributed by atoms with E-state index in [9.17, 15) is 0 Å². The van der Waals surface area contributed by atoms with Crippen molar-refractivity contribution in [2.75, 3.05) is 32.2 Å². The third kappa shape index (κ3) is 3.71. The van der Waals surface area contributed by atoms with Crippen molar-refractivity contribution in [2.24, 2.45) is 0 Å². The van der Waals surface area contributed by atoms with Gasteiger partial charge in [0.05, 0.1) is 6.61 Å². The first-order chi connectivity index (χ1) is 9.02. The Balaban J connectivity index is 2.02. The molecule has 0 atom stereocenters. The minimum Gasteiger partial charge on any atom is -0.383 e. The van der Waals surface area contributed by atoms with Gasteiger partial charge in [-0.05, 0) is 43.9 Å². The SMILES string of the molecule is COCC(C)(C)NCc1ccc2c(c1)CCCN2C. The molecule has 19 heavy (non-hydrogen) atoms. The number of hydrogen-bond donors (Lipinski definition) is 1. The van der Waals surface area contributed by atoms with Crippen molar-refractivity contribution in [3.8, 4) is 0 Å². The highest BCUT2D eigenvalue weighted by Crippen LogP contribution is 2.26. The van der Waals surface area contributed by atoms with Crippen molar-refractivity contribution in [3.05, 3.63) is 29.3 Å². The van der Waals surface area contributed by atoms with E-state index in [1.165, 1.54) is 36.2 Å². The number of aryl methyl sites for hydroxylation is 1. The smallest absolute Gasteiger partial charge is 0.0639 e. The summed E-state index contributed by atoms with van der Waals surface area (Å²) in [7, 11) is 3.93. The molecule has 0 radical (unpaired) electrons. The summed E-state index contributed by atoms with van der Waals surface area (Å²) in [6.45, 7) is 7.13. The molecule has 1 aromatic carbocycles. The Labute approximate surface area is 116 Å². The summed E-state index contributed by atoms with van der Waals surface area (Å²) in [5.41, 5.74) is 4.25. The zero-order valence-corrected chi connectivity index (χ0v) is 12.6. The number of methoxy groups -OCH3 is 1. The summed E-state index contributed by atoms with van der Waals surface area (Å²) < 4.78 is 5.23. The molecule has 0 amide bonds. The molecule has 0 spiro atoms. The predicted octanol–water partition coefficient (Wildman–Crippen LogP) is 2.58. The van der Waals surface area contributed by atoms with Crippen molar-refractivity contribution >= 4 is 5.69 Å². The van der Waals surface area contributed by atoms with Gasteiger partial charge < -0.3 is 15.0 Å². The largest absolute Gasteiger partial charge is 0.383 e. The highest BCUT2D eigenvalue weighted by atomic mass is 16.5. The van der Waals surface area contributed by atoms with Gasteiger partial charge in [0.25, 0.3) is 0 Å². The Morgan fingerprint density at radius 3 is 2.89 bits per heavy atom. The van der Waals surface area contributed by atoms with Crippen LogP contribution in [0.15, 0.2) is 18.2 Å². The molecule has 0 saturated heterocycles. The Morgan fingerprint density at radius 2 is 2.16 bits per heavy atom. The van der Waals surface area contributed by atoms with Crippen molar-refractivity contribution in [1.29, 1.82) is 0 Å². The van der Waals surface area contributed by atoms with E-state index in [1.54, 1.807) is 7.11 Å². The molecule has 0 aromatic heterocycles. The van der Waals surface area contributed by atoms with Crippen LogP contribution in [-0.2, 0) is 17.7 Å². The molecule has 1 N–H and O–H groups in total. The van der Waals surface area contributed by atoms with Gasteiger partial charge in [0.2, 0.25) is 0 Å². The number of nitrogens with one attached hydrogen (secondary N) is 1. The van der Waals surface area contributed by atoms with Crippen LogP contribution in [0.2, 0.25) is 0 Å². The van der Waals surface area contributed by atoms with Crippen LogP contribution in [0.5, 0.6) is 0 Å². The lowest BCUT2D eigenvalue weighted by Gasteiger charge is -2.29. The number of hydrogen-bond acceptors (Lipinski definition) is 3. The molecule has 0 aliphatic carbocycles. The van der Waals surface area contributed by atoms with Gasteiger partial charge in [-0.1, -0.05) is 12.1 Å². The van der Waals surface area contributed by atoms with E-state index in [0.29, 0.717) is 0 Å². The lowest BCUT2D eigenvalue weighted by atomic mass is 9.99. The van der Waals surface area contributed by atoms with E-state index in [2.05, 4.69) is 49.3 Å². The second-order valence-corrected chi connectivity index (χ2v) is 6.16. The van der Waals surface area contributed by atoms with Crippen molar-refractivity contribution in [1.82, 2.24) is 5.32 Å². The number of benzene rings is 1. The molecule has 3 nitrogen and oxygen atoms in total.